The van der Waals surface area contributed by atoms with Gasteiger partial charge in [-0.3, -0.25) is 4.79 Å². The molecule has 4 nitrogen and oxygen atoms in total. The van der Waals surface area contributed by atoms with Gasteiger partial charge in [-0.25, -0.2) is 4.79 Å². The molecule has 0 saturated carbocycles. The molecule has 0 aliphatic carbocycles. The third kappa shape index (κ3) is 4.59. The zero-order valence-electron chi connectivity index (χ0n) is 17.3. The number of carbonyl (C=O) groups excluding carboxylic acids is 2. The summed E-state index contributed by atoms with van der Waals surface area (Å²) in [5, 5.41) is 0. The lowest BCUT2D eigenvalue weighted by Gasteiger charge is -2.48. The maximum Gasteiger partial charge on any atom is 0.416 e. The van der Waals surface area contributed by atoms with Crippen LogP contribution >= 0.6 is 0 Å². The average molecular weight is 411 g/mol. The average Bonchev–Trinajstić information content (AvgIpc) is 2.57. The van der Waals surface area contributed by atoms with Crippen molar-refractivity contribution in [3.63, 3.8) is 0 Å². The second kappa shape index (κ2) is 7.65. The van der Waals surface area contributed by atoms with E-state index in [1.165, 1.54) is 19.1 Å². The zero-order valence-corrected chi connectivity index (χ0v) is 17.3. The molecule has 3 rings (SSSR count). The Bertz CT molecular complexity index is 783. The van der Waals surface area contributed by atoms with Crippen molar-refractivity contribution >= 4 is 11.9 Å². The number of carbonyl (C=O) groups is 2. The summed E-state index contributed by atoms with van der Waals surface area (Å²) in [6.45, 7) is 6.79. The summed E-state index contributed by atoms with van der Waals surface area (Å²) < 4.78 is 45.2. The SMILES string of the molecule is Cc1c(C(=O)C2CC3CCCC(C2)N3C(=O)OC(C)(C)C)cccc1C(F)(F)F. The Hall–Kier alpha value is -2.05. The molecule has 2 bridgehead atoms. The number of rotatable bonds is 2. The molecule has 2 unspecified atom stereocenters. The van der Waals surface area contributed by atoms with Crippen LogP contribution in [-0.4, -0.2) is 34.5 Å². The summed E-state index contributed by atoms with van der Waals surface area (Å²) >= 11 is 0. The molecule has 2 heterocycles. The Morgan fingerprint density at radius 2 is 1.66 bits per heavy atom. The Morgan fingerprint density at radius 1 is 1.07 bits per heavy atom. The molecule has 1 amide bonds. The van der Waals surface area contributed by atoms with Crippen molar-refractivity contribution in [3.8, 4) is 0 Å². The van der Waals surface area contributed by atoms with Gasteiger partial charge in [0, 0.05) is 23.6 Å². The fraction of sp³-hybridized carbons (Fsp3) is 0.636. The van der Waals surface area contributed by atoms with Gasteiger partial charge in [0.05, 0.1) is 5.56 Å². The fourth-order valence-corrected chi connectivity index (χ4v) is 4.64. The topological polar surface area (TPSA) is 46.6 Å². The van der Waals surface area contributed by atoms with Crippen molar-refractivity contribution in [2.45, 2.75) is 83.7 Å². The smallest absolute Gasteiger partial charge is 0.416 e. The molecule has 2 fully saturated rings. The molecule has 0 N–H and O–H groups in total. The van der Waals surface area contributed by atoms with Crippen LogP contribution < -0.4 is 0 Å². The van der Waals surface area contributed by atoms with Crippen LogP contribution in [0.1, 0.15) is 74.4 Å². The summed E-state index contributed by atoms with van der Waals surface area (Å²) in [5.74, 6) is -0.638. The minimum atomic E-state index is -4.49. The molecule has 2 atom stereocenters. The minimum absolute atomic E-state index is 0.0234. The maximum absolute atomic E-state index is 13.2. The number of nitrogens with zero attached hydrogens (tertiary/aromatic N) is 1. The van der Waals surface area contributed by atoms with Gasteiger partial charge in [-0.15, -0.1) is 0 Å². The highest BCUT2D eigenvalue weighted by molar-refractivity contribution is 5.99. The Balaban J connectivity index is 1.82. The summed E-state index contributed by atoms with van der Waals surface area (Å²) in [6, 6.07) is 3.55. The Morgan fingerprint density at radius 3 is 2.17 bits per heavy atom. The molecular formula is C22H28F3NO3. The van der Waals surface area contributed by atoms with E-state index in [1.807, 2.05) is 20.8 Å². The summed E-state index contributed by atoms with van der Waals surface area (Å²) in [6.07, 6.45) is -1.40. The summed E-state index contributed by atoms with van der Waals surface area (Å²) in [4.78, 5) is 27.6. The molecular weight excluding hydrogens is 383 g/mol. The van der Waals surface area contributed by atoms with E-state index in [2.05, 4.69) is 0 Å². The van der Waals surface area contributed by atoms with Gasteiger partial charge in [0.15, 0.2) is 5.78 Å². The number of Topliss-reactive ketones (excluding diaryl/α,β-unsaturated/α-hetero) is 1. The number of amides is 1. The van der Waals surface area contributed by atoms with Crippen molar-refractivity contribution in [2.24, 2.45) is 5.92 Å². The van der Waals surface area contributed by atoms with Crippen molar-refractivity contribution in [1.82, 2.24) is 4.90 Å². The standard InChI is InChI=1S/C22H28F3NO3/c1-13-17(9-6-10-18(13)22(23,24)25)19(27)14-11-15-7-5-8-16(12-14)26(15)20(28)29-21(2,3)4/h6,9-10,14-16H,5,7-8,11-12H2,1-4H3. The largest absolute Gasteiger partial charge is 0.444 e. The van der Waals surface area contributed by atoms with E-state index in [0.29, 0.717) is 12.8 Å². The van der Waals surface area contributed by atoms with Crippen LogP contribution in [0, 0.1) is 12.8 Å². The van der Waals surface area contributed by atoms with Crippen molar-refractivity contribution in [1.29, 1.82) is 0 Å². The van der Waals surface area contributed by atoms with Gasteiger partial charge in [-0.05, 0) is 71.4 Å². The first kappa shape index (κ1) is 21.7. The molecule has 1 aromatic carbocycles. The molecule has 1 aromatic rings. The van der Waals surface area contributed by atoms with Crippen LogP contribution in [0.4, 0.5) is 18.0 Å². The Kier molecular flexibility index (Phi) is 5.71. The maximum atomic E-state index is 13.2. The Labute approximate surface area is 169 Å². The van der Waals surface area contributed by atoms with E-state index in [0.717, 1.165) is 25.3 Å². The van der Waals surface area contributed by atoms with Gasteiger partial charge in [0.2, 0.25) is 0 Å². The predicted molar refractivity (Wildman–Crippen MR) is 103 cm³/mol. The molecule has 2 aliphatic rings. The molecule has 0 radical (unpaired) electrons. The quantitative estimate of drug-likeness (QED) is 0.581. The van der Waals surface area contributed by atoms with Crippen LogP contribution in [0.3, 0.4) is 0 Å². The second-order valence-corrected chi connectivity index (χ2v) is 9.13. The monoisotopic (exact) mass is 411 g/mol. The van der Waals surface area contributed by atoms with Gasteiger partial charge in [0.25, 0.3) is 0 Å². The summed E-state index contributed by atoms with van der Waals surface area (Å²) in [5.41, 5.74) is -1.26. The highest BCUT2D eigenvalue weighted by Gasteiger charge is 2.45. The van der Waals surface area contributed by atoms with Crippen LogP contribution in [0.5, 0.6) is 0 Å². The first-order chi connectivity index (χ1) is 13.4. The third-order valence-corrected chi connectivity index (χ3v) is 5.85. The highest BCUT2D eigenvalue weighted by atomic mass is 19.4. The number of fused-ring (bicyclic) bond motifs is 2. The van der Waals surface area contributed by atoms with Crippen LogP contribution in [0.15, 0.2) is 18.2 Å². The summed E-state index contributed by atoms with van der Waals surface area (Å²) in [7, 11) is 0. The molecule has 2 saturated heterocycles. The lowest BCUT2D eigenvalue weighted by molar-refractivity contribution is -0.138. The molecule has 7 heteroatoms. The van der Waals surface area contributed by atoms with Gasteiger partial charge < -0.3 is 9.64 Å². The third-order valence-electron chi connectivity index (χ3n) is 5.85. The van der Waals surface area contributed by atoms with E-state index in [1.54, 1.807) is 4.90 Å². The zero-order chi connectivity index (χ0) is 21.6. The number of hydrogen-bond acceptors (Lipinski definition) is 3. The lowest BCUT2D eigenvalue weighted by Crippen LogP contribution is -2.56. The van der Waals surface area contributed by atoms with E-state index < -0.39 is 17.3 Å². The number of ether oxygens (including phenoxy) is 1. The van der Waals surface area contributed by atoms with E-state index in [9.17, 15) is 22.8 Å². The number of halogens is 3. The van der Waals surface area contributed by atoms with E-state index in [-0.39, 0.29) is 41.0 Å². The molecule has 0 aromatic heterocycles. The fourth-order valence-electron chi connectivity index (χ4n) is 4.64. The van der Waals surface area contributed by atoms with Gasteiger partial charge >= 0.3 is 12.3 Å². The number of hydrogen-bond donors (Lipinski definition) is 0. The highest BCUT2D eigenvalue weighted by Crippen LogP contribution is 2.40. The van der Waals surface area contributed by atoms with Gasteiger partial charge in [-0.1, -0.05) is 12.1 Å². The minimum Gasteiger partial charge on any atom is -0.444 e. The van der Waals surface area contributed by atoms with E-state index >= 15 is 0 Å². The van der Waals surface area contributed by atoms with E-state index in [4.69, 9.17) is 4.74 Å². The number of benzene rings is 1. The molecule has 2 aliphatic heterocycles. The first-order valence-corrected chi connectivity index (χ1v) is 10.1. The van der Waals surface area contributed by atoms with Gasteiger partial charge in [-0.2, -0.15) is 13.2 Å². The van der Waals surface area contributed by atoms with Crippen molar-refractivity contribution in [2.75, 3.05) is 0 Å². The van der Waals surface area contributed by atoms with Crippen molar-refractivity contribution in [3.05, 3.63) is 34.9 Å². The number of piperidine rings is 2. The molecule has 160 valence electrons. The van der Waals surface area contributed by atoms with Crippen LogP contribution in [0.25, 0.3) is 0 Å². The number of alkyl halides is 3. The van der Waals surface area contributed by atoms with Crippen LogP contribution in [-0.2, 0) is 10.9 Å². The second-order valence-electron chi connectivity index (χ2n) is 9.13. The first-order valence-electron chi connectivity index (χ1n) is 10.1. The lowest BCUT2D eigenvalue weighted by atomic mass is 9.75. The normalized spacial score (nSPS) is 24.9. The number of ketones is 1. The van der Waals surface area contributed by atoms with Crippen molar-refractivity contribution < 1.29 is 27.5 Å². The molecule has 0 spiro atoms. The van der Waals surface area contributed by atoms with Gasteiger partial charge in [0.1, 0.15) is 5.60 Å². The predicted octanol–water partition coefficient (Wildman–Crippen LogP) is 5.76. The van der Waals surface area contributed by atoms with Crippen LogP contribution in [0.2, 0.25) is 0 Å². The molecule has 29 heavy (non-hydrogen) atoms.